The molecule has 0 saturated carbocycles. The molecule has 1 amide bonds. The van der Waals surface area contributed by atoms with Crippen LogP contribution < -0.4 is 5.32 Å². The van der Waals surface area contributed by atoms with Crippen molar-refractivity contribution in [3.63, 3.8) is 0 Å². The number of aliphatic carboxylic acids is 1. The average Bonchev–Trinajstić information content (AvgIpc) is 3.38. The van der Waals surface area contributed by atoms with Gasteiger partial charge in [0.2, 0.25) is 0 Å². The maximum absolute atomic E-state index is 12.8. The molecule has 0 spiro atoms. The first kappa shape index (κ1) is 18.6. The zero-order valence-electron chi connectivity index (χ0n) is 15.1. The Morgan fingerprint density at radius 1 is 1.25 bits per heavy atom. The van der Waals surface area contributed by atoms with E-state index < -0.39 is 12.0 Å². The summed E-state index contributed by atoms with van der Waals surface area (Å²) in [5.41, 5.74) is 0.790. The van der Waals surface area contributed by atoms with E-state index in [1.165, 1.54) is 17.5 Å². The molecular formula is C21H20N2O4S. The third-order valence-electron chi connectivity index (χ3n) is 4.84. The number of thiazole rings is 1. The van der Waals surface area contributed by atoms with Crippen LogP contribution in [0.1, 0.15) is 51.7 Å². The lowest BCUT2D eigenvalue weighted by Gasteiger charge is -2.19. The second-order valence-corrected chi connectivity index (χ2v) is 7.82. The van der Waals surface area contributed by atoms with Crippen LogP contribution in [0.2, 0.25) is 0 Å². The van der Waals surface area contributed by atoms with Gasteiger partial charge in [0.25, 0.3) is 5.91 Å². The molecule has 28 heavy (non-hydrogen) atoms. The van der Waals surface area contributed by atoms with Crippen molar-refractivity contribution in [3.8, 4) is 0 Å². The zero-order chi connectivity index (χ0) is 19.5. The summed E-state index contributed by atoms with van der Waals surface area (Å²) in [6, 6.07) is 12.8. The van der Waals surface area contributed by atoms with Gasteiger partial charge in [-0.3, -0.25) is 9.59 Å². The highest BCUT2D eigenvalue weighted by Gasteiger charge is 2.25. The maximum Gasteiger partial charge on any atom is 0.305 e. The predicted octanol–water partition coefficient (Wildman–Crippen LogP) is 4.09. The fourth-order valence-corrected chi connectivity index (χ4v) is 4.42. The number of hydrogen-bond donors (Lipinski definition) is 2. The van der Waals surface area contributed by atoms with Crippen molar-refractivity contribution in [2.24, 2.45) is 0 Å². The Hall–Kier alpha value is -2.77. The lowest BCUT2D eigenvalue weighted by molar-refractivity contribution is -0.137. The number of nitrogens with one attached hydrogen (secondary N) is 1. The van der Waals surface area contributed by atoms with E-state index in [4.69, 9.17) is 4.74 Å². The minimum Gasteiger partial charge on any atom is -0.481 e. The van der Waals surface area contributed by atoms with Gasteiger partial charge >= 0.3 is 5.97 Å². The van der Waals surface area contributed by atoms with Crippen LogP contribution in [-0.4, -0.2) is 28.6 Å². The number of hydrogen-bond acceptors (Lipinski definition) is 5. The largest absolute Gasteiger partial charge is 0.481 e. The molecule has 0 radical (unpaired) electrons. The second kappa shape index (κ2) is 8.08. The minimum absolute atomic E-state index is 0.0422. The number of aromatic nitrogens is 1. The van der Waals surface area contributed by atoms with Gasteiger partial charge in [0.15, 0.2) is 0 Å². The number of carboxylic acids is 1. The van der Waals surface area contributed by atoms with Crippen LogP contribution in [0.3, 0.4) is 0 Å². The Morgan fingerprint density at radius 2 is 2.07 bits per heavy atom. The van der Waals surface area contributed by atoms with Crippen molar-refractivity contribution in [3.05, 3.63) is 64.1 Å². The van der Waals surface area contributed by atoms with Gasteiger partial charge < -0.3 is 15.2 Å². The molecule has 1 fully saturated rings. The first-order chi connectivity index (χ1) is 13.6. The molecule has 0 bridgehead atoms. The predicted molar refractivity (Wildman–Crippen MR) is 106 cm³/mol. The highest BCUT2D eigenvalue weighted by atomic mass is 32.1. The third-order valence-corrected chi connectivity index (χ3v) is 5.92. The lowest BCUT2D eigenvalue weighted by atomic mass is 9.96. The Morgan fingerprint density at radius 3 is 2.86 bits per heavy atom. The molecule has 2 N–H and O–H groups in total. The molecule has 1 aliphatic rings. The first-order valence-corrected chi connectivity index (χ1v) is 10.0. The van der Waals surface area contributed by atoms with E-state index in [9.17, 15) is 14.7 Å². The topological polar surface area (TPSA) is 88.5 Å². The molecule has 7 heteroatoms. The maximum atomic E-state index is 12.8. The smallest absolute Gasteiger partial charge is 0.305 e. The molecule has 2 heterocycles. The van der Waals surface area contributed by atoms with Crippen LogP contribution in [0.4, 0.5) is 0 Å². The number of carbonyl (C=O) groups excluding carboxylic acids is 1. The fourth-order valence-electron chi connectivity index (χ4n) is 3.51. The zero-order valence-corrected chi connectivity index (χ0v) is 15.9. The fraction of sp³-hybridized carbons (Fsp3) is 0.286. The molecule has 6 nitrogen and oxygen atoms in total. The lowest BCUT2D eigenvalue weighted by Crippen LogP contribution is -2.29. The van der Waals surface area contributed by atoms with E-state index in [1.807, 2.05) is 42.5 Å². The van der Waals surface area contributed by atoms with Crippen LogP contribution in [-0.2, 0) is 9.53 Å². The van der Waals surface area contributed by atoms with Crippen molar-refractivity contribution in [1.29, 1.82) is 0 Å². The van der Waals surface area contributed by atoms with Crippen molar-refractivity contribution < 1.29 is 19.4 Å². The molecule has 1 saturated heterocycles. The molecule has 3 aromatic rings. The van der Waals surface area contributed by atoms with Crippen LogP contribution >= 0.6 is 11.3 Å². The summed E-state index contributed by atoms with van der Waals surface area (Å²) in [6.45, 7) is 0.716. The van der Waals surface area contributed by atoms with Crippen molar-refractivity contribution in [2.75, 3.05) is 6.61 Å². The monoisotopic (exact) mass is 396 g/mol. The summed E-state index contributed by atoms with van der Waals surface area (Å²) in [6.07, 6.45) is 3.20. The molecule has 2 atom stereocenters. The number of rotatable bonds is 6. The summed E-state index contributed by atoms with van der Waals surface area (Å²) in [5, 5.41) is 15.0. The van der Waals surface area contributed by atoms with Crippen molar-refractivity contribution >= 4 is 34.0 Å². The van der Waals surface area contributed by atoms with Gasteiger partial charge in [0.1, 0.15) is 16.0 Å². The van der Waals surface area contributed by atoms with E-state index in [-0.39, 0.29) is 18.4 Å². The Balaban J connectivity index is 1.59. The number of nitrogens with zero attached hydrogens (tertiary/aromatic N) is 1. The van der Waals surface area contributed by atoms with Gasteiger partial charge in [-0.1, -0.05) is 42.5 Å². The molecule has 1 aliphatic heterocycles. The van der Waals surface area contributed by atoms with E-state index in [2.05, 4.69) is 10.3 Å². The summed E-state index contributed by atoms with van der Waals surface area (Å²) in [5.74, 6) is -1.29. The van der Waals surface area contributed by atoms with Gasteiger partial charge in [0, 0.05) is 6.61 Å². The summed E-state index contributed by atoms with van der Waals surface area (Å²) >= 11 is 1.30. The van der Waals surface area contributed by atoms with Gasteiger partial charge in [-0.15, -0.1) is 11.3 Å². The summed E-state index contributed by atoms with van der Waals surface area (Å²) in [7, 11) is 0. The normalized spacial score (nSPS) is 17.5. The van der Waals surface area contributed by atoms with E-state index >= 15 is 0 Å². The number of carbonyl (C=O) groups is 2. The Bertz CT molecular complexity index is 1010. The van der Waals surface area contributed by atoms with Crippen LogP contribution in [0.25, 0.3) is 10.8 Å². The quantitative estimate of drug-likeness (QED) is 0.655. The minimum atomic E-state index is -0.970. The summed E-state index contributed by atoms with van der Waals surface area (Å²) < 4.78 is 5.62. The second-order valence-electron chi connectivity index (χ2n) is 6.76. The van der Waals surface area contributed by atoms with Crippen LogP contribution in [0.15, 0.2) is 48.7 Å². The molecule has 2 aromatic carbocycles. The molecule has 1 unspecified atom stereocenters. The number of ether oxygens (including phenoxy) is 1. The number of amides is 1. The molecule has 0 aliphatic carbocycles. The summed E-state index contributed by atoms with van der Waals surface area (Å²) in [4.78, 5) is 29.0. The van der Waals surface area contributed by atoms with Crippen molar-refractivity contribution in [2.45, 2.75) is 31.4 Å². The SMILES string of the molecule is O=C(O)C[C@@H](NC(=O)c1cnc(C2CCCO2)s1)c1cccc2ccccc12. The van der Waals surface area contributed by atoms with Gasteiger partial charge in [-0.25, -0.2) is 4.98 Å². The number of fused-ring (bicyclic) bond motifs is 1. The van der Waals surface area contributed by atoms with Gasteiger partial charge in [-0.05, 0) is 29.2 Å². The molecule has 4 rings (SSSR count). The average molecular weight is 396 g/mol. The third kappa shape index (κ3) is 3.90. The van der Waals surface area contributed by atoms with Crippen LogP contribution in [0, 0.1) is 0 Å². The number of benzene rings is 2. The highest BCUT2D eigenvalue weighted by molar-refractivity contribution is 7.13. The van der Waals surface area contributed by atoms with Crippen LogP contribution in [0.5, 0.6) is 0 Å². The molecular weight excluding hydrogens is 376 g/mol. The Labute approximate surface area is 166 Å². The van der Waals surface area contributed by atoms with E-state index in [0.29, 0.717) is 11.5 Å². The van der Waals surface area contributed by atoms with E-state index in [0.717, 1.165) is 34.2 Å². The van der Waals surface area contributed by atoms with Gasteiger partial charge in [-0.2, -0.15) is 0 Å². The molecule has 1 aromatic heterocycles. The van der Waals surface area contributed by atoms with Gasteiger partial charge in [0.05, 0.1) is 18.7 Å². The Kier molecular flexibility index (Phi) is 5.36. The first-order valence-electron chi connectivity index (χ1n) is 9.19. The molecule has 144 valence electrons. The standard InChI is InChI=1S/C21H20N2O4S/c24-19(25)11-16(15-8-3-6-13-5-1-2-7-14(13)15)23-20(26)18-12-22-21(28-18)17-9-4-10-27-17/h1-3,5-8,12,16-17H,4,9-11H2,(H,23,26)(H,24,25)/t16-,17?/m1/s1. The highest BCUT2D eigenvalue weighted by Crippen LogP contribution is 2.32. The number of carboxylic acid groups (broad SMARTS) is 1. The van der Waals surface area contributed by atoms with Crippen molar-refractivity contribution in [1.82, 2.24) is 10.3 Å². The van der Waals surface area contributed by atoms with E-state index in [1.54, 1.807) is 0 Å².